The van der Waals surface area contributed by atoms with Crippen LogP contribution >= 0.6 is 0 Å². The van der Waals surface area contributed by atoms with Gasteiger partial charge in [0.25, 0.3) is 11.4 Å². The fraction of sp³-hybridized carbons (Fsp3) is 0.235. The summed E-state index contributed by atoms with van der Waals surface area (Å²) >= 11 is 0. The van der Waals surface area contributed by atoms with Crippen molar-refractivity contribution in [3.63, 3.8) is 0 Å². The van der Waals surface area contributed by atoms with Gasteiger partial charge in [0, 0.05) is 6.92 Å². The van der Waals surface area contributed by atoms with Crippen molar-refractivity contribution in [2.45, 2.75) is 26.4 Å². The van der Waals surface area contributed by atoms with Gasteiger partial charge in [0.1, 0.15) is 34.8 Å². The summed E-state index contributed by atoms with van der Waals surface area (Å²) in [6.07, 6.45) is 1.42. The van der Waals surface area contributed by atoms with Crippen LogP contribution in [0.1, 0.15) is 30.9 Å². The molecule has 4 rings (SSSR count). The van der Waals surface area contributed by atoms with E-state index >= 15 is 0 Å². The van der Waals surface area contributed by atoms with E-state index < -0.39 is 11.4 Å². The minimum atomic E-state index is -1.31. The molecule has 4 aromatic rings. The van der Waals surface area contributed by atoms with Crippen LogP contribution in [0.4, 0.5) is 4.39 Å². The molecule has 0 aliphatic carbocycles. The molecule has 0 unspecified atom stereocenters. The van der Waals surface area contributed by atoms with Crippen molar-refractivity contribution in [2.75, 3.05) is 0 Å². The van der Waals surface area contributed by atoms with E-state index in [1.54, 1.807) is 10.5 Å². The van der Waals surface area contributed by atoms with Gasteiger partial charge in [-0.05, 0) is 26.0 Å². The van der Waals surface area contributed by atoms with Gasteiger partial charge in [0.05, 0.1) is 0 Å². The highest BCUT2D eigenvalue weighted by Crippen LogP contribution is 2.29. The third-order valence-electron chi connectivity index (χ3n) is 4.27. The number of benzene rings is 1. The van der Waals surface area contributed by atoms with Crippen molar-refractivity contribution in [3.8, 4) is 17.7 Å². The summed E-state index contributed by atoms with van der Waals surface area (Å²) in [5.41, 5.74) is -0.635. The average molecular weight is 368 g/mol. The van der Waals surface area contributed by atoms with Crippen LogP contribution < -0.4 is 4.73 Å². The molecule has 0 aliphatic rings. The molecule has 0 radical (unpaired) electrons. The van der Waals surface area contributed by atoms with Crippen LogP contribution in [-0.4, -0.2) is 24.6 Å². The second-order valence-electron chi connectivity index (χ2n) is 6.58. The molecule has 0 amide bonds. The number of halogens is 1. The highest BCUT2D eigenvalue weighted by molar-refractivity contribution is 5.85. The molecule has 1 aromatic carbocycles. The molecule has 0 saturated heterocycles. The summed E-state index contributed by atoms with van der Waals surface area (Å²) in [7, 11) is 0. The summed E-state index contributed by atoms with van der Waals surface area (Å²) in [5.74, 6) is -0.680. The number of hydrogen-bond donors (Lipinski definition) is 1. The first-order chi connectivity index (χ1) is 12.7. The molecule has 0 bridgehead atoms. The molecule has 10 heteroatoms. The molecule has 9 nitrogen and oxygen atoms in total. The Morgan fingerprint density at radius 1 is 1.41 bits per heavy atom. The normalized spacial score (nSPS) is 12.0. The quantitative estimate of drug-likeness (QED) is 0.421. The van der Waals surface area contributed by atoms with Gasteiger partial charge in [-0.2, -0.15) is 15.0 Å². The zero-order valence-corrected chi connectivity index (χ0v) is 14.6. The Morgan fingerprint density at radius 2 is 2.15 bits per heavy atom. The van der Waals surface area contributed by atoms with Crippen molar-refractivity contribution in [3.05, 3.63) is 46.6 Å². The summed E-state index contributed by atoms with van der Waals surface area (Å²) in [6.45, 7) is 4.54. The lowest BCUT2D eigenvalue weighted by atomic mass is 10.1. The van der Waals surface area contributed by atoms with Gasteiger partial charge in [0.2, 0.25) is 11.5 Å². The van der Waals surface area contributed by atoms with E-state index in [2.05, 4.69) is 15.1 Å². The number of hydrogen-bond acceptors (Lipinski definition) is 7. The highest BCUT2D eigenvalue weighted by atomic mass is 19.1. The Morgan fingerprint density at radius 3 is 2.78 bits per heavy atom. The Labute approximate surface area is 151 Å². The Balaban J connectivity index is 2.08. The molecular formula is C17H13FN6O3. The molecule has 3 aromatic heterocycles. The van der Waals surface area contributed by atoms with Gasteiger partial charge in [-0.25, -0.2) is 9.37 Å². The summed E-state index contributed by atoms with van der Waals surface area (Å²) in [4.78, 5) is 8.39. The van der Waals surface area contributed by atoms with E-state index in [-0.39, 0.29) is 34.2 Å². The average Bonchev–Trinajstić information content (AvgIpc) is 3.25. The van der Waals surface area contributed by atoms with Gasteiger partial charge >= 0.3 is 0 Å². The number of aryl methyl sites for hydroxylation is 1. The first-order valence-corrected chi connectivity index (χ1v) is 7.92. The second kappa shape index (κ2) is 5.46. The standard InChI is InChI=1S/C17H13FN6O3/c1-8-13-12(15-21-16(22-27-15)17(2,3)25)20-7-23(13)11-5-4-10(18)9(6-19)14(11)24(8)26/h4-5,7,25H,1-3H3. The fourth-order valence-electron chi connectivity index (χ4n) is 2.93. The topological polar surface area (TPSA) is 127 Å². The van der Waals surface area contributed by atoms with Crippen LogP contribution in [0, 0.1) is 29.3 Å². The minimum Gasteiger partial charge on any atom is -0.618 e. The van der Waals surface area contributed by atoms with Gasteiger partial charge < -0.3 is 14.8 Å². The summed E-state index contributed by atoms with van der Waals surface area (Å²) in [5, 5.41) is 35.8. The Hall–Kier alpha value is -3.58. The monoisotopic (exact) mass is 368 g/mol. The number of rotatable bonds is 2. The SMILES string of the molecule is Cc1c2c(-c3nc(C(C)(C)O)no3)ncn2c2ccc(F)c(C#N)c2[n+]1[O-]. The van der Waals surface area contributed by atoms with Crippen molar-refractivity contribution in [2.24, 2.45) is 0 Å². The lowest BCUT2D eigenvalue weighted by Gasteiger charge is -2.10. The van der Waals surface area contributed by atoms with Gasteiger partial charge in [-0.3, -0.25) is 4.40 Å². The largest absolute Gasteiger partial charge is 0.618 e. The van der Waals surface area contributed by atoms with Crippen LogP contribution in [0.15, 0.2) is 23.0 Å². The predicted molar refractivity (Wildman–Crippen MR) is 89.6 cm³/mol. The van der Waals surface area contributed by atoms with E-state index in [9.17, 15) is 20.0 Å². The third-order valence-corrected chi connectivity index (χ3v) is 4.27. The number of aromatic nitrogens is 5. The predicted octanol–water partition coefficient (Wildman–Crippen LogP) is 1.72. The Kier molecular flexibility index (Phi) is 3.41. The number of imidazole rings is 1. The summed E-state index contributed by atoms with van der Waals surface area (Å²) in [6, 6.07) is 4.25. The van der Waals surface area contributed by atoms with Crippen molar-refractivity contribution < 1.29 is 18.8 Å². The van der Waals surface area contributed by atoms with E-state index in [4.69, 9.17) is 4.52 Å². The maximum absolute atomic E-state index is 14.0. The van der Waals surface area contributed by atoms with Crippen LogP contribution in [0.25, 0.3) is 28.1 Å². The van der Waals surface area contributed by atoms with Crippen molar-refractivity contribution in [1.29, 1.82) is 5.26 Å². The fourth-order valence-corrected chi connectivity index (χ4v) is 2.93. The number of fused-ring (bicyclic) bond motifs is 3. The van der Waals surface area contributed by atoms with Crippen molar-refractivity contribution >= 4 is 16.6 Å². The Bertz CT molecular complexity index is 1260. The first kappa shape index (κ1) is 16.9. The molecular weight excluding hydrogens is 355 g/mol. The van der Waals surface area contributed by atoms with E-state index in [0.29, 0.717) is 15.8 Å². The lowest BCUT2D eigenvalue weighted by Crippen LogP contribution is -2.33. The molecule has 3 heterocycles. The van der Waals surface area contributed by atoms with Gasteiger partial charge in [-0.1, -0.05) is 5.16 Å². The minimum absolute atomic E-state index is 0.0275. The van der Waals surface area contributed by atoms with Crippen LogP contribution in [0.5, 0.6) is 0 Å². The number of aliphatic hydroxyl groups is 1. The maximum atomic E-state index is 14.0. The van der Waals surface area contributed by atoms with E-state index in [1.807, 2.05) is 0 Å². The third kappa shape index (κ3) is 2.32. The first-order valence-electron chi connectivity index (χ1n) is 7.92. The molecule has 0 fully saturated rings. The molecule has 0 atom stereocenters. The molecule has 0 spiro atoms. The van der Waals surface area contributed by atoms with Crippen molar-refractivity contribution in [1.82, 2.24) is 19.5 Å². The van der Waals surface area contributed by atoms with E-state index in [0.717, 1.165) is 6.07 Å². The number of nitrogens with zero attached hydrogens (tertiary/aromatic N) is 6. The molecule has 1 N–H and O–H groups in total. The lowest BCUT2D eigenvalue weighted by molar-refractivity contribution is -0.583. The maximum Gasteiger partial charge on any atom is 0.279 e. The second-order valence-corrected chi connectivity index (χ2v) is 6.58. The molecule has 0 aliphatic heterocycles. The van der Waals surface area contributed by atoms with Crippen LogP contribution in [0.2, 0.25) is 0 Å². The van der Waals surface area contributed by atoms with E-state index in [1.165, 1.54) is 33.2 Å². The highest BCUT2D eigenvalue weighted by Gasteiger charge is 2.28. The molecule has 136 valence electrons. The molecule has 27 heavy (non-hydrogen) atoms. The smallest absolute Gasteiger partial charge is 0.279 e. The van der Waals surface area contributed by atoms with Crippen LogP contribution in [0.3, 0.4) is 0 Å². The van der Waals surface area contributed by atoms with Gasteiger partial charge in [0.15, 0.2) is 11.3 Å². The summed E-state index contributed by atoms with van der Waals surface area (Å²) < 4.78 is 21.2. The zero-order valence-electron chi connectivity index (χ0n) is 14.6. The molecule has 0 saturated carbocycles. The van der Waals surface area contributed by atoms with Crippen LogP contribution in [-0.2, 0) is 5.60 Å². The number of nitriles is 1. The van der Waals surface area contributed by atoms with Gasteiger partial charge in [-0.15, -0.1) is 0 Å². The zero-order chi connectivity index (χ0) is 19.5.